The van der Waals surface area contributed by atoms with Crippen LogP contribution in [0.5, 0.6) is 0 Å². The van der Waals surface area contributed by atoms with Gasteiger partial charge in [0, 0.05) is 25.1 Å². The van der Waals surface area contributed by atoms with Crippen molar-refractivity contribution in [3.8, 4) is 6.07 Å². The van der Waals surface area contributed by atoms with E-state index >= 15 is 0 Å². The summed E-state index contributed by atoms with van der Waals surface area (Å²) < 4.78 is 102. The third-order valence-corrected chi connectivity index (χ3v) is 13.7. The van der Waals surface area contributed by atoms with E-state index in [2.05, 4.69) is 263 Å². The Morgan fingerprint density at radius 1 is 0.364 bits per heavy atom. The van der Waals surface area contributed by atoms with Crippen molar-refractivity contribution in [3.05, 3.63) is 0 Å². The molecule has 0 spiro atoms. The molecule has 622 valence electrons. The van der Waals surface area contributed by atoms with Gasteiger partial charge in [-0.1, -0.05) is 458 Å². The summed E-state index contributed by atoms with van der Waals surface area (Å²) in [7, 11) is 0. The summed E-state index contributed by atoms with van der Waals surface area (Å²) >= 11 is 0. The third-order valence-electron chi connectivity index (χ3n) is 13.7. The molecule has 0 aliphatic rings. The van der Waals surface area contributed by atoms with E-state index in [1.54, 1.807) is 27.7 Å². The number of nitriles is 1. The average Bonchev–Trinajstić information content (AvgIpc) is 0.764. The fourth-order valence-electron chi connectivity index (χ4n) is 6.60. The Morgan fingerprint density at radius 3 is 0.697 bits per heavy atom. The van der Waals surface area contributed by atoms with Crippen LogP contribution in [0.1, 0.15) is 517 Å². The van der Waals surface area contributed by atoms with E-state index in [4.69, 9.17) is 24.5 Å². The van der Waals surface area contributed by atoms with Gasteiger partial charge < -0.3 is 0 Å². The Morgan fingerprint density at radius 2 is 0.667 bits per heavy atom. The molecule has 0 fully saturated rings. The fourth-order valence-corrected chi connectivity index (χ4v) is 6.60. The highest BCUT2D eigenvalue weighted by Gasteiger charge is 2.14. The van der Waals surface area contributed by atoms with Crippen molar-refractivity contribution < 1.29 is 19.2 Å². The number of nitrogens with zero attached hydrogens (tertiary/aromatic N) is 1. The average molecular weight is 1430 g/mol. The van der Waals surface area contributed by atoms with Crippen LogP contribution in [0.25, 0.3) is 0 Å². The lowest BCUT2D eigenvalue weighted by molar-refractivity contribution is 0.283. The number of rotatable bonds is 20. The van der Waals surface area contributed by atoms with Crippen LogP contribution in [0, 0.1) is 152 Å². The van der Waals surface area contributed by atoms with Crippen molar-refractivity contribution >= 4 is 0 Å². The first-order valence-electron chi connectivity index (χ1n) is 48.9. The van der Waals surface area contributed by atoms with Gasteiger partial charge in [-0.25, -0.2) is 0 Å². The van der Waals surface area contributed by atoms with Crippen molar-refractivity contribution in [2.45, 2.75) is 498 Å². The SMILES string of the molecule is CC(C)C.CC(C)C#N.CC(C)C(C)(C)C.CC(C)C(C)C.CC(C)CC(C)(C)C.CC(C)CC(C)C.CCC.CCC(C)C.CCC(CC)C(C)C.CCCC(C)C.CCCCCC(C)C.[2H]C(C)(C)C(C)C.[2H]C([2H])(C(C)C)C(C)(C)C.[2H]C([2H])(C(C)C)C(C)C.[2H]C([2H])([2H])C(C)C.[2H]C([2H])([2H])C([2H])(C(C)C)C([2H])([2H])C. The molecule has 0 amide bonds. The Labute approximate surface area is 665 Å². The molecule has 0 rings (SSSR count). The van der Waals surface area contributed by atoms with Crippen molar-refractivity contribution in [3.63, 3.8) is 0 Å². The monoisotopic (exact) mass is 1430 g/mol. The van der Waals surface area contributed by atoms with Crippen molar-refractivity contribution in [1.82, 2.24) is 0 Å². The summed E-state index contributed by atoms with van der Waals surface area (Å²) in [5.74, 6) is 8.39. The maximum Gasteiger partial charge on any atom is 0.0649 e. The van der Waals surface area contributed by atoms with E-state index < -0.39 is 44.6 Å². The molecule has 99 heavy (non-hydrogen) atoms. The van der Waals surface area contributed by atoms with E-state index in [0.29, 0.717) is 16.7 Å². The first-order chi connectivity index (χ1) is 49.5. The second-order valence-electron chi connectivity index (χ2n) is 37.8. The van der Waals surface area contributed by atoms with Crippen LogP contribution in [0.3, 0.4) is 0 Å². The van der Waals surface area contributed by atoms with Crippen molar-refractivity contribution in [2.24, 2.45) is 140 Å². The molecule has 0 aromatic heterocycles. The van der Waals surface area contributed by atoms with Gasteiger partial charge in [0.25, 0.3) is 0 Å². The molecule has 1 unspecified atom stereocenters. The lowest BCUT2D eigenvalue weighted by atomic mass is 9.84. The topological polar surface area (TPSA) is 23.8 Å². The Kier molecular flexibility index (Phi) is 99.0. The molecule has 0 saturated carbocycles. The minimum absolute atomic E-state index is 0.0903. The van der Waals surface area contributed by atoms with E-state index in [0.717, 1.165) is 77.9 Å². The molecule has 1 heteroatoms. The number of hydrogen-bond acceptors (Lipinski definition) is 1. The second kappa shape index (κ2) is 97.5. The molecule has 0 radical (unpaired) electrons. The van der Waals surface area contributed by atoms with Gasteiger partial charge in [-0.3, -0.25) is 0 Å². The molecule has 1 atom stereocenters. The molecule has 1 nitrogen and oxygen atoms in total. The minimum atomic E-state index is -2.60. The molecule has 0 aromatic carbocycles. The van der Waals surface area contributed by atoms with Crippen LogP contribution in [0.4, 0.5) is 0 Å². The molecule has 0 aliphatic heterocycles. The van der Waals surface area contributed by atoms with Crippen LogP contribution >= 0.6 is 0 Å². The maximum absolute atomic E-state index is 7.89. The summed E-state index contributed by atoms with van der Waals surface area (Å²) in [4.78, 5) is 0. The molecular weight excluding hydrogens is 1190 g/mol. The molecule has 0 heterocycles. The van der Waals surface area contributed by atoms with Gasteiger partial charge in [0.2, 0.25) is 0 Å². The Balaban J connectivity index is -0.0000000640. The molecule has 0 saturated heterocycles. The zero-order chi connectivity index (χ0) is 96.2. The van der Waals surface area contributed by atoms with Gasteiger partial charge in [-0.15, -0.1) is 0 Å². The summed E-state index contributed by atoms with van der Waals surface area (Å²) in [6.07, 6.45) is 12.1. The van der Waals surface area contributed by atoms with E-state index in [1.807, 2.05) is 96.1 Å². The summed E-state index contributed by atoms with van der Waals surface area (Å²) in [6, 6.07) is 2.03. The minimum Gasteiger partial charge on any atom is -0.198 e. The summed E-state index contributed by atoms with van der Waals surface area (Å²) in [5, 5.41) is 7.89. The zero-order valence-electron chi connectivity index (χ0n) is 95.4. The summed E-state index contributed by atoms with van der Waals surface area (Å²) in [6.45, 7) is 113. The number of unbranched alkanes of at least 4 members (excludes halogenated alkanes) is 2. The van der Waals surface area contributed by atoms with Crippen LogP contribution in [-0.2, 0) is 0 Å². The molecule has 0 aromatic rings. The second-order valence-corrected chi connectivity index (χ2v) is 37.8. The van der Waals surface area contributed by atoms with Gasteiger partial charge in [0.1, 0.15) is 0 Å². The van der Waals surface area contributed by atoms with Crippen LogP contribution in [0.15, 0.2) is 0 Å². The Bertz CT molecular complexity index is 1770. The largest absolute Gasteiger partial charge is 0.198 e. The predicted molar refractivity (Wildman–Crippen MR) is 485 cm³/mol. The molecule has 0 aliphatic carbocycles. The Hall–Kier alpha value is -0.510. The van der Waals surface area contributed by atoms with Gasteiger partial charge in [-0.2, -0.15) is 5.26 Å². The maximum atomic E-state index is 7.89. The fraction of sp³-hybridized carbons (Fsp3) is 0.990. The first kappa shape index (κ1) is 101. The smallest absolute Gasteiger partial charge is 0.0649 e. The van der Waals surface area contributed by atoms with Gasteiger partial charge >= 0.3 is 0 Å². The quantitative estimate of drug-likeness (QED) is 0.111. The van der Waals surface area contributed by atoms with Crippen molar-refractivity contribution in [2.75, 3.05) is 0 Å². The van der Waals surface area contributed by atoms with Gasteiger partial charge in [0.05, 0.1) is 6.07 Å². The van der Waals surface area contributed by atoms with Crippen LogP contribution in [0.2, 0.25) is 0 Å². The van der Waals surface area contributed by atoms with Gasteiger partial charge in [-0.05, 0) is 174 Å². The van der Waals surface area contributed by atoms with E-state index in [1.165, 1.54) is 77.0 Å². The molecule has 0 bridgehead atoms. The highest BCUT2D eigenvalue weighted by atomic mass is 14.2. The van der Waals surface area contributed by atoms with E-state index in [-0.39, 0.29) is 40.9 Å². The first-order valence-corrected chi connectivity index (χ1v) is 41.9. The zero-order valence-corrected chi connectivity index (χ0v) is 81.4. The van der Waals surface area contributed by atoms with Crippen molar-refractivity contribution in [1.29, 1.82) is 5.26 Å². The van der Waals surface area contributed by atoms with Crippen LogP contribution in [-0.4, -0.2) is 0 Å². The van der Waals surface area contributed by atoms with Crippen LogP contribution < -0.4 is 0 Å². The lowest BCUT2D eigenvalue weighted by Gasteiger charge is -2.22. The third kappa shape index (κ3) is 269. The highest BCUT2D eigenvalue weighted by molar-refractivity contribution is 4.72. The normalized spacial score (nSPS) is 14.3. The summed E-state index contributed by atoms with van der Waals surface area (Å²) in [5.41, 5.74) is 0.773. The number of hydrogen-bond donors (Lipinski definition) is 0. The van der Waals surface area contributed by atoms with Gasteiger partial charge in [0.15, 0.2) is 0 Å². The molecule has 0 N–H and O–H groups in total. The lowest BCUT2D eigenvalue weighted by Crippen LogP contribution is -2.12. The molecular formula is C98H225N. The standard InChI is InChI=1S/4C8H18.4C7H16.3C6H14.C5H12.C4H7N.2C4H10.C3H8/c2*1-7(2)6-8(3,4)5;1-5-8(6-2)7(3)4;1-4-5-6-7-8(2)3;1-6(2)7(3,4)5;2*1-6(2)5-7(3)4;1-5-7(4)6(2)3;2*1-5(2)6(3)4;1-4-5-6(2)3;1-4-5(2)3;1-4(2)3-5;2*1-4(2)3;1-3-2/h2*7H,6H2,1-5H3;7-8H,5-6H2,1-4H3;8H,4-7H2,1-3H3;6H,1-5H3;3*6-7H,5H2,1-4H3;2*5-6H,1-4H3;6H,4-5H2,1-3H3;5H,4H2,1-3H3;4H,1-2H3;2*4H,1-3H3;3H2,1-2H3/i6D2;;;;;5D2;;4D3,5D2,7D;5D;;;;;1D3;;. The van der Waals surface area contributed by atoms with E-state index in [9.17, 15) is 0 Å². The predicted octanol–water partition coefficient (Wildman–Crippen LogP) is 38.2. The highest BCUT2D eigenvalue weighted by Crippen LogP contribution is 2.25.